The summed E-state index contributed by atoms with van der Waals surface area (Å²) >= 11 is 0. The molecule has 4 nitrogen and oxygen atoms in total. The Bertz CT molecular complexity index is 631. The molecule has 5 heteroatoms. The summed E-state index contributed by atoms with van der Waals surface area (Å²) < 4.78 is 13.0. The number of aryl methyl sites for hydroxylation is 1. The number of halogens is 1. The van der Waals surface area contributed by atoms with Crippen LogP contribution in [0.2, 0.25) is 0 Å². The molecule has 0 bridgehead atoms. The zero-order valence-corrected chi connectivity index (χ0v) is 9.74. The van der Waals surface area contributed by atoms with E-state index in [1.165, 1.54) is 24.4 Å². The van der Waals surface area contributed by atoms with E-state index in [1.54, 1.807) is 13.0 Å². The summed E-state index contributed by atoms with van der Waals surface area (Å²) in [5, 5.41) is 11.7. The van der Waals surface area contributed by atoms with E-state index in [4.69, 9.17) is 11.0 Å². The highest BCUT2D eigenvalue weighted by Crippen LogP contribution is 2.24. The van der Waals surface area contributed by atoms with Gasteiger partial charge in [0.25, 0.3) is 0 Å². The fraction of sp³-hybridized carbons (Fsp3) is 0.0769. The van der Waals surface area contributed by atoms with Crippen LogP contribution in [0.25, 0.3) is 0 Å². The second kappa shape index (κ2) is 4.72. The van der Waals surface area contributed by atoms with E-state index in [1.807, 2.05) is 6.07 Å². The van der Waals surface area contributed by atoms with Gasteiger partial charge in [0, 0.05) is 11.9 Å². The van der Waals surface area contributed by atoms with Crippen molar-refractivity contribution in [3.63, 3.8) is 0 Å². The monoisotopic (exact) mass is 242 g/mol. The summed E-state index contributed by atoms with van der Waals surface area (Å²) in [6.45, 7) is 1.78. The summed E-state index contributed by atoms with van der Waals surface area (Å²) in [6.07, 6.45) is 1.43. The maximum absolute atomic E-state index is 13.0. The van der Waals surface area contributed by atoms with Gasteiger partial charge in [-0.05, 0) is 36.8 Å². The van der Waals surface area contributed by atoms with Crippen LogP contribution in [0.1, 0.15) is 11.1 Å². The first-order valence-corrected chi connectivity index (χ1v) is 5.29. The number of pyridine rings is 1. The minimum atomic E-state index is -0.293. The maximum Gasteiger partial charge on any atom is 0.153 e. The van der Waals surface area contributed by atoms with Gasteiger partial charge >= 0.3 is 0 Å². The Hall–Kier alpha value is -2.61. The molecular weight excluding hydrogens is 231 g/mol. The van der Waals surface area contributed by atoms with Gasteiger partial charge in [0.05, 0.1) is 11.3 Å². The van der Waals surface area contributed by atoms with Crippen LogP contribution in [-0.4, -0.2) is 4.98 Å². The minimum Gasteiger partial charge on any atom is -0.396 e. The van der Waals surface area contributed by atoms with E-state index in [9.17, 15) is 4.39 Å². The third-order valence-corrected chi connectivity index (χ3v) is 2.49. The fourth-order valence-electron chi connectivity index (χ4n) is 1.54. The number of rotatable bonds is 2. The standard InChI is InChI=1S/C13H11FN4/c1-8-4-10(14)2-3-12(8)18-13-11(16)5-9(6-15)7-17-13/h2-5,7H,16H2,1H3,(H,17,18). The SMILES string of the molecule is Cc1cc(F)ccc1Nc1ncc(C#N)cc1N. The number of nitrogens with zero attached hydrogens (tertiary/aromatic N) is 2. The smallest absolute Gasteiger partial charge is 0.153 e. The highest BCUT2D eigenvalue weighted by molar-refractivity contribution is 5.71. The highest BCUT2D eigenvalue weighted by Gasteiger charge is 2.05. The number of hydrogen-bond donors (Lipinski definition) is 2. The zero-order valence-electron chi connectivity index (χ0n) is 9.74. The molecule has 18 heavy (non-hydrogen) atoms. The Morgan fingerprint density at radius 3 is 2.78 bits per heavy atom. The Morgan fingerprint density at radius 2 is 2.17 bits per heavy atom. The third-order valence-electron chi connectivity index (χ3n) is 2.49. The van der Waals surface area contributed by atoms with Gasteiger partial charge in [0.2, 0.25) is 0 Å². The number of anilines is 3. The van der Waals surface area contributed by atoms with Gasteiger partial charge in [-0.25, -0.2) is 9.37 Å². The van der Waals surface area contributed by atoms with Crippen LogP contribution in [0.4, 0.5) is 21.6 Å². The molecule has 0 radical (unpaired) electrons. The summed E-state index contributed by atoms with van der Waals surface area (Å²) in [7, 11) is 0. The normalized spacial score (nSPS) is 9.83. The molecule has 0 fully saturated rings. The van der Waals surface area contributed by atoms with Crippen LogP contribution in [-0.2, 0) is 0 Å². The van der Waals surface area contributed by atoms with Crippen LogP contribution in [0, 0.1) is 24.1 Å². The van der Waals surface area contributed by atoms with Crippen LogP contribution in [0.15, 0.2) is 30.5 Å². The van der Waals surface area contributed by atoms with Gasteiger partial charge in [-0.2, -0.15) is 5.26 Å². The Morgan fingerprint density at radius 1 is 1.39 bits per heavy atom. The van der Waals surface area contributed by atoms with Gasteiger partial charge in [-0.15, -0.1) is 0 Å². The molecule has 0 spiro atoms. The summed E-state index contributed by atoms with van der Waals surface area (Å²) in [5.74, 6) is 0.155. The van der Waals surface area contributed by atoms with E-state index in [2.05, 4.69) is 10.3 Å². The second-order valence-corrected chi connectivity index (χ2v) is 3.86. The molecule has 0 aliphatic rings. The van der Waals surface area contributed by atoms with E-state index < -0.39 is 0 Å². The molecule has 1 aromatic heterocycles. The third kappa shape index (κ3) is 2.38. The minimum absolute atomic E-state index is 0.293. The van der Waals surface area contributed by atoms with Gasteiger partial charge in [-0.1, -0.05) is 0 Å². The first kappa shape index (κ1) is 11.9. The lowest BCUT2D eigenvalue weighted by atomic mass is 10.2. The maximum atomic E-state index is 13.0. The van der Waals surface area contributed by atoms with E-state index in [-0.39, 0.29) is 5.82 Å². The number of nitrogen functional groups attached to an aromatic ring is 1. The molecule has 0 unspecified atom stereocenters. The van der Waals surface area contributed by atoms with Gasteiger partial charge < -0.3 is 11.1 Å². The predicted octanol–water partition coefficient (Wildman–Crippen LogP) is 2.73. The number of aromatic nitrogens is 1. The summed E-state index contributed by atoms with van der Waals surface area (Å²) in [6, 6.07) is 7.88. The molecule has 1 aromatic carbocycles. The van der Waals surface area contributed by atoms with Crippen molar-refractivity contribution in [1.29, 1.82) is 5.26 Å². The van der Waals surface area contributed by atoms with Crippen molar-refractivity contribution < 1.29 is 4.39 Å². The van der Waals surface area contributed by atoms with Crippen molar-refractivity contribution >= 4 is 17.2 Å². The van der Waals surface area contributed by atoms with Crippen molar-refractivity contribution in [3.8, 4) is 6.07 Å². The predicted molar refractivity (Wildman–Crippen MR) is 67.8 cm³/mol. The van der Waals surface area contributed by atoms with Crippen LogP contribution >= 0.6 is 0 Å². The number of nitrogens with two attached hydrogens (primary N) is 1. The lowest BCUT2D eigenvalue weighted by Gasteiger charge is -2.10. The zero-order chi connectivity index (χ0) is 13.1. The number of benzene rings is 1. The van der Waals surface area contributed by atoms with Crippen molar-refractivity contribution in [2.24, 2.45) is 0 Å². The molecule has 1 heterocycles. The molecular formula is C13H11FN4. The largest absolute Gasteiger partial charge is 0.396 e. The fourth-order valence-corrected chi connectivity index (χ4v) is 1.54. The average Bonchev–Trinajstić information content (AvgIpc) is 2.34. The lowest BCUT2D eigenvalue weighted by Crippen LogP contribution is -2.01. The van der Waals surface area contributed by atoms with Crippen LogP contribution in [0.3, 0.4) is 0 Å². The quantitative estimate of drug-likeness (QED) is 0.849. The second-order valence-electron chi connectivity index (χ2n) is 3.86. The molecule has 0 saturated heterocycles. The Labute approximate surface area is 104 Å². The van der Waals surface area contributed by atoms with Crippen molar-refractivity contribution in [2.45, 2.75) is 6.92 Å². The van der Waals surface area contributed by atoms with Crippen molar-refractivity contribution in [1.82, 2.24) is 4.98 Å². The van der Waals surface area contributed by atoms with Gasteiger partial charge in [0.15, 0.2) is 5.82 Å². The molecule has 0 saturated carbocycles. The molecule has 3 N–H and O–H groups in total. The Balaban J connectivity index is 2.32. The first-order valence-electron chi connectivity index (χ1n) is 5.29. The van der Waals surface area contributed by atoms with E-state index in [0.717, 1.165) is 11.3 Å². The van der Waals surface area contributed by atoms with Crippen LogP contribution < -0.4 is 11.1 Å². The van der Waals surface area contributed by atoms with Gasteiger partial charge in [0.1, 0.15) is 11.9 Å². The molecule has 0 atom stereocenters. The highest BCUT2D eigenvalue weighted by atomic mass is 19.1. The van der Waals surface area contributed by atoms with Crippen molar-refractivity contribution in [2.75, 3.05) is 11.1 Å². The van der Waals surface area contributed by atoms with E-state index >= 15 is 0 Å². The first-order chi connectivity index (χ1) is 8.60. The summed E-state index contributed by atoms with van der Waals surface area (Å²) in [4.78, 5) is 4.06. The molecule has 2 aromatic rings. The number of nitriles is 1. The van der Waals surface area contributed by atoms with Gasteiger partial charge in [-0.3, -0.25) is 0 Å². The summed E-state index contributed by atoms with van der Waals surface area (Å²) in [5.41, 5.74) is 8.02. The molecule has 0 aliphatic heterocycles. The molecule has 0 aliphatic carbocycles. The number of hydrogen-bond acceptors (Lipinski definition) is 4. The van der Waals surface area contributed by atoms with Crippen molar-refractivity contribution in [3.05, 3.63) is 47.4 Å². The average molecular weight is 242 g/mol. The van der Waals surface area contributed by atoms with E-state index in [0.29, 0.717) is 17.1 Å². The topological polar surface area (TPSA) is 74.7 Å². The molecule has 0 amide bonds. The Kier molecular flexibility index (Phi) is 3.11. The molecule has 2 rings (SSSR count). The van der Waals surface area contributed by atoms with Crippen LogP contribution in [0.5, 0.6) is 0 Å². The lowest BCUT2D eigenvalue weighted by molar-refractivity contribution is 0.627. The number of nitrogens with one attached hydrogen (secondary N) is 1. The molecule has 90 valence electrons.